The highest BCUT2D eigenvalue weighted by Gasteiger charge is 2.35. The molecule has 1 aromatic rings. The molecule has 5 nitrogen and oxygen atoms in total. The van der Waals surface area contributed by atoms with E-state index in [0.29, 0.717) is 23.0 Å². The van der Waals surface area contributed by atoms with Gasteiger partial charge in [0.05, 0.1) is 27.1 Å². The molecule has 7 heteroatoms. The molecule has 1 aromatic carbocycles. The highest BCUT2D eigenvalue weighted by Crippen LogP contribution is 2.48. The fourth-order valence-electron chi connectivity index (χ4n) is 2.46. The largest absolute Gasteiger partial charge is 0.493 e. The number of rotatable bonds is 7. The zero-order valence-electron chi connectivity index (χ0n) is 13.3. The van der Waals surface area contributed by atoms with Crippen LogP contribution < -0.4 is 14.2 Å². The Labute approximate surface area is 139 Å². The SMILES string of the molecule is COc1ccc(C2SCC(=O)N2CCSC)c(OC)c1OC. The number of amides is 1. The summed E-state index contributed by atoms with van der Waals surface area (Å²) in [7, 11) is 4.78. The van der Waals surface area contributed by atoms with Crippen LogP contribution in [-0.4, -0.2) is 56.4 Å². The minimum Gasteiger partial charge on any atom is -0.493 e. The predicted octanol–water partition coefficient (Wildman–Crippen LogP) is 2.65. The molecule has 0 aliphatic carbocycles. The van der Waals surface area contributed by atoms with E-state index in [1.54, 1.807) is 44.9 Å². The minimum absolute atomic E-state index is 0.0468. The molecule has 0 bridgehead atoms. The first kappa shape index (κ1) is 17.1. The van der Waals surface area contributed by atoms with E-state index in [2.05, 4.69) is 0 Å². The number of benzene rings is 1. The van der Waals surface area contributed by atoms with Gasteiger partial charge in [-0.15, -0.1) is 11.8 Å². The number of thioether (sulfide) groups is 2. The van der Waals surface area contributed by atoms with Crippen LogP contribution in [0.3, 0.4) is 0 Å². The van der Waals surface area contributed by atoms with E-state index in [1.165, 1.54) is 0 Å². The van der Waals surface area contributed by atoms with E-state index in [9.17, 15) is 4.79 Å². The van der Waals surface area contributed by atoms with E-state index in [0.717, 1.165) is 17.9 Å². The first-order valence-corrected chi connectivity index (χ1v) is 9.31. The number of ether oxygens (including phenoxy) is 3. The van der Waals surface area contributed by atoms with Crippen LogP contribution in [0, 0.1) is 0 Å². The van der Waals surface area contributed by atoms with Crippen LogP contribution in [0.5, 0.6) is 17.2 Å². The standard InChI is InChI=1S/C15H21NO4S2/c1-18-11-6-5-10(13(19-2)14(11)20-3)15-16(7-8-21-4)12(17)9-22-15/h5-6,15H,7-9H2,1-4H3. The summed E-state index contributed by atoms with van der Waals surface area (Å²) in [4.78, 5) is 14.0. The molecule has 22 heavy (non-hydrogen) atoms. The average molecular weight is 343 g/mol. The zero-order valence-corrected chi connectivity index (χ0v) is 14.9. The van der Waals surface area contributed by atoms with E-state index >= 15 is 0 Å². The summed E-state index contributed by atoms with van der Waals surface area (Å²) in [6, 6.07) is 3.80. The van der Waals surface area contributed by atoms with Crippen LogP contribution in [0.15, 0.2) is 12.1 Å². The fraction of sp³-hybridized carbons (Fsp3) is 0.533. The summed E-state index contributed by atoms with van der Waals surface area (Å²) < 4.78 is 16.3. The summed E-state index contributed by atoms with van der Waals surface area (Å²) >= 11 is 3.35. The molecule has 1 aliphatic heterocycles. The second-order valence-electron chi connectivity index (χ2n) is 4.67. The van der Waals surface area contributed by atoms with Crippen molar-refractivity contribution < 1.29 is 19.0 Å². The van der Waals surface area contributed by atoms with Gasteiger partial charge < -0.3 is 19.1 Å². The van der Waals surface area contributed by atoms with Crippen LogP contribution in [0.25, 0.3) is 0 Å². The lowest BCUT2D eigenvalue weighted by atomic mass is 10.1. The number of carbonyl (C=O) groups excluding carboxylic acids is 1. The maximum Gasteiger partial charge on any atom is 0.233 e. The Morgan fingerprint density at radius 1 is 1.23 bits per heavy atom. The summed E-state index contributed by atoms with van der Waals surface area (Å²) in [6.45, 7) is 0.731. The van der Waals surface area contributed by atoms with Crippen molar-refractivity contribution in [2.45, 2.75) is 5.37 Å². The smallest absolute Gasteiger partial charge is 0.233 e. The molecule has 1 atom stereocenters. The van der Waals surface area contributed by atoms with Gasteiger partial charge in [-0.1, -0.05) is 0 Å². The molecular weight excluding hydrogens is 322 g/mol. The van der Waals surface area contributed by atoms with Crippen LogP contribution in [0.1, 0.15) is 10.9 Å². The second kappa shape index (κ2) is 7.87. The number of carbonyl (C=O) groups is 1. The van der Waals surface area contributed by atoms with Gasteiger partial charge in [-0.3, -0.25) is 4.79 Å². The predicted molar refractivity (Wildman–Crippen MR) is 91.4 cm³/mol. The highest BCUT2D eigenvalue weighted by atomic mass is 32.2. The van der Waals surface area contributed by atoms with Crippen molar-refractivity contribution in [1.29, 1.82) is 0 Å². The van der Waals surface area contributed by atoms with Gasteiger partial charge in [0.25, 0.3) is 0 Å². The number of nitrogens with zero attached hydrogens (tertiary/aromatic N) is 1. The Kier molecular flexibility index (Phi) is 6.14. The quantitative estimate of drug-likeness (QED) is 0.758. The topological polar surface area (TPSA) is 48.0 Å². The third-order valence-electron chi connectivity index (χ3n) is 3.51. The van der Waals surface area contributed by atoms with E-state index < -0.39 is 0 Å². The van der Waals surface area contributed by atoms with Crippen molar-refractivity contribution in [3.05, 3.63) is 17.7 Å². The lowest BCUT2D eigenvalue weighted by Gasteiger charge is -2.26. The Balaban J connectivity index is 2.40. The molecule has 122 valence electrons. The fourth-order valence-corrected chi connectivity index (χ4v) is 4.08. The van der Waals surface area contributed by atoms with Crippen LogP contribution >= 0.6 is 23.5 Å². The van der Waals surface area contributed by atoms with Gasteiger partial charge in [0.1, 0.15) is 5.37 Å². The molecule has 0 radical (unpaired) electrons. The second-order valence-corrected chi connectivity index (χ2v) is 6.72. The van der Waals surface area contributed by atoms with Gasteiger partial charge in [-0.05, 0) is 18.4 Å². The molecule has 1 amide bonds. The van der Waals surface area contributed by atoms with E-state index in [1.807, 2.05) is 23.3 Å². The summed E-state index contributed by atoms with van der Waals surface area (Å²) in [5.41, 5.74) is 0.942. The molecule has 0 aromatic heterocycles. The van der Waals surface area contributed by atoms with Gasteiger partial charge in [0.2, 0.25) is 11.7 Å². The summed E-state index contributed by atoms with van der Waals surface area (Å²) in [5.74, 6) is 3.39. The molecule has 1 unspecified atom stereocenters. The summed E-state index contributed by atoms with van der Waals surface area (Å²) in [5, 5.41) is -0.0468. The van der Waals surface area contributed by atoms with Gasteiger partial charge in [0.15, 0.2) is 11.5 Å². The molecule has 0 N–H and O–H groups in total. The monoisotopic (exact) mass is 343 g/mol. The van der Waals surface area contributed by atoms with Crippen molar-refractivity contribution in [1.82, 2.24) is 4.90 Å². The maximum atomic E-state index is 12.1. The highest BCUT2D eigenvalue weighted by molar-refractivity contribution is 8.00. The number of methoxy groups -OCH3 is 3. The third kappa shape index (κ3) is 3.25. The summed E-state index contributed by atoms with van der Waals surface area (Å²) in [6.07, 6.45) is 2.04. The molecule has 1 fully saturated rings. The van der Waals surface area contributed by atoms with Gasteiger partial charge in [0, 0.05) is 17.9 Å². The first-order chi connectivity index (χ1) is 10.7. The van der Waals surface area contributed by atoms with Crippen molar-refractivity contribution in [3.8, 4) is 17.2 Å². The normalized spacial score (nSPS) is 17.7. The van der Waals surface area contributed by atoms with Crippen molar-refractivity contribution >= 4 is 29.4 Å². The Bertz CT molecular complexity index is 539. The molecular formula is C15H21NO4S2. The molecule has 0 saturated carbocycles. The molecule has 1 saturated heterocycles. The van der Waals surface area contributed by atoms with Crippen molar-refractivity contribution in [3.63, 3.8) is 0 Å². The van der Waals surface area contributed by atoms with Crippen molar-refractivity contribution in [2.75, 3.05) is 45.6 Å². The number of hydrogen-bond acceptors (Lipinski definition) is 6. The van der Waals surface area contributed by atoms with Crippen LogP contribution in [-0.2, 0) is 4.79 Å². The minimum atomic E-state index is -0.0468. The van der Waals surface area contributed by atoms with Gasteiger partial charge in [-0.25, -0.2) is 0 Å². The van der Waals surface area contributed by atoms with Gasteiger partial charge in [-0.2, -0.15) is 11.8 Å². The molecule has 2 rings (SSSR count). The Morgan fingerprint density at radius 3 is 2.55 bits per heavy atom. The van der Waals surface area contributed by atoms with E-state index in [4.69, 9.17) is 14.2 Å². The van der Waals surface area contributed by atoms with Gasteiger partial charge >= 0.3 is 0 Å². The lowest BCUT2D eigenvalue weighted by molar-refractivity contribution is -0.127. The zero-order chi connectivity index (χ0) is 16.1. The average Bonchev–Trinajstić information content (AvgIpc) is 2.91. The van der Waals surface area contributed by atoms with Crippen molar-refractivity contribution in [2.24, 2.45) is 0 Å². The first-order valence-electron chi connectivity index (χ1n) is 6.86. The lowest BCUT2D eigenvalue weighted by Crippen LogP contribution is -2.30. The maximum absolute atomic E-state index is 12.1. The molecule has 0 spiro atoms. The Morgan fingerprint density at radius 2 is 1.95 bits per heavy atom. The van der Waals surface area contributed by atoms with E-state index in [-0.39, 0.29) is 11.3 Å². The molecule has 1 heterocycles. The van der Waals surface area contributed by atoms with Crippen LogP contribution in [0.2, 0.25) is 0 Å². The van der Waals surface area contributed by atoms with Crippen LogP contribution in [0.4, 0.5) is 0 Å². The third-order valence-corrected chi connectivity index (χ3v) is 5.33. The molecule has 1 aliphatic rings. The Hall–Kier alpha value is -1.21. The number of hydrogen-bond donors (Lipinski definition) is 0.